The second-order valence-corrected chi connectivity index (χ2v) is 31.6. The number of aliphatic carboxylic acids is 4. The summed E-state index contributed by atoms with van der Waals surface area (Å²) < 4.78 is 43.5. The van der Waals surface area contributed by atoms with Crippen molar-refractivity contribution in [2.45, 2.75) is 321 Å². The van der Waals surface area contributed by atoms with Crippen LogP contribution < -0.4 is 37.6 Å². The standard InChI is InChI=1S/C87H153N7O27.2H2/c1-68(95)69(34-28-30-46-89-81(104)66-121-61-57-117-53-49-92-82(105)67-120-60-54-114-50-32-36-71(96)42-43-73(85(110)111)93-78(101)38-24-20-16-12-8-4-6-10-14-18-22-26-40-83(106)107)62-75(98)70(63-76(99)87(2,3)88)35-29-31-47-90-80(103)65-119-59-55-115-51-33-37-72(97)64-118-58-56-116-52-48-91-77(100)45-44-74(86(112)113)94-79(102)39-25-21-17-13-9-5-7-11-15-19-23-27-41-84(108)109;;/h69-70,73-74H,4-67,88H2,1-3H3,(H,89,104)(H,90,103)(H,91,100)(H,92,105)(H,93,101)(H,94,102)(H,106,107)(H,108,109)(H,110,111)(H,112,113);2*1H/t69-,70-,73+,74+;;/m1../s1. The molecule has 34 heteroatoms. The van der Waals surface area contributed by atoms with Gasteiger partial charge < -0.3 is 96.0 Å². The van der Waals surface area contributed by atoms with E-state index in [1.165, 1.54) is 6.92 Å². The van der Waals surface area contributed by atoms with Crippen LogP contribution in [0.3, 0.4) is 0 Å². The molecule has 0 aromatic rings. The molecule has 0 heterocycles. The number of ether oxygens (including phenoxy) is 8. The number of nitrogens with one attached hydrogen (secondary N) is 6. The molecule has 0 aliphatic rings. The first-order valence-corrected chi connectivity index (χ1v) is 44.7. The first kappa shape index (κ1) is 114. The van der Waals surface area contributed by atoms with Crippen molar-refractivity contribution in [2.75, 3.05) is 132 Å². The molecule has 0 aromatic heterocycles. The van der Waals surface area contributed by atoms with Crippen LogP contribution in [-0.2, 0) is 110 Å². The molecule has 34 nitrogen and oxygen atoms in total. The lowest BCUT2D eigenvalue weighted by Gasteiger charge is -2.23. The second-order valence-electron chi connectivity index (χ2n) is 31.6. The molecule has 0 spiro atoms. The number of carbonyl (C=O) groups is 15. The Morgan fingerprint density at radius 3 is 0.992 bits per heavy atom. The van der Waals surface area contributed by atoms with Crippen LogP contribution in [0.1, 0.15) is 306 Å². The molecule has 0 fully saturated rings. The van der Waals surface area contributed by atoms with Gasteiger partial charge in [-0.1, -0.05) is 141 Å². The number of hydrogen-bond acceptors (Lipinski definition) is 24. The third-order valence-electron chi connectivity index (χ3n) is 20.0. The number of hydrogen-bond donors (Lipinski definition) is 11. The zero-order valence-electron chi connectivity index (χ0n) is 73.3. The van der Waals surface area contributed by atoms with E-state index in [1.807, 2.05) is 0 Å². The lowest BCUT2D eigenvalue weighted by Crippen LogP contribution is -2.43. The highest BCUT2D eigenvalue weighted by Gasteiger charge is 2.31. The summed E-state index contributed by atoms with van der Waals surface area (Å²) in [6.45, 7) is 7.09. The molecule has 0 saturated carbocycles. The van der Waals surface area contributed by atoms with Crippen molar-refractivity contribution in [3.8, 4) is 0 Å². The van der Waals surface area contributed by atoms with Crippen molar-refractivity contribution in [1.29, 1.82) is 0 Å². The molecule has 0 radical (unpaired) electrons. The summed E-state index contributed by atoms with van der Waals surface area (Å²) in [6, 6.07) is -2.32. The molecule has 12 N–H and O–H groups in total. The van der Waals surface area contributed by atoms with Gasteiger partial charge in [-0.25, -0.2) is 9.59 Å². The monoisotopic (exact) mass is 1730 g/mol. The molecular formula is C87H157N7O27. The Hall–Kier alpha value is -7.31. The van der Waals surface area contributed by atoms with Gasteiger partial charge in [0, 0.05) is 118 Å². The van der Waals surface area contributed by atoms with Gasteiger partial charge in [-0.15, -0.1) is 0 Å². The third kappa shape index (κ3) is 76.1. The van der Waals surface area contributed by atoms with E-state index in [-0.39, 0.29) is 263 Å². The molecule has 0 saturated heterocycles. The average Bonchev–Trinajstić information content (AvgIpc) is 0.867. The number of unbranched alkanes of at least 4 members (excludes halogenated alkanes) is 24. The van der Waals surface area contributed by atoms with Crippen molar-refractivity contribution in [3.05, 3.63) is 0 Å². The summed E-state index contributed by atoms with van der Waals surface area (Å²) in [7, 11) is 0. The average molecular weight is 1730 g/mol. The number of nitrogens with two attached hydrogens (primary N) is 1. The highest BCUT2D eigenvalue weighted by Crippen LogP contribution is 2.25. The van der Waals surface area contributed by atoms with Crippen LogP contribution in [0.5, 0.6) is 0 Å². The fraction of sp³-hybridized carbons (Fsp3) is 0.828. The molecule has 6 amide bonds. The van der Waals surface area contributed by atoms with Crippen LogP contribution in [0.2, 0.25) is 0 Å². The Labute approximate surface area is 720 Å². The maximum Gasteiger partial charge on any atom is 0.326 e. The Kier molecular flexibility index (Phi) is 73.9. The predicted molar refractivity (Wildman–Crippen MR) is 456 cm³/mol. The van der Waals surface area contributed by atoms with Gasteiger partial charge in [-0.05, 0) is 97.8 Å². The zero-order chi connectivity index (χ0) is 89.6. The summed E-state index contributed by atoms with van der Waals surface area (Å²) in [5, 5.41) is 52.5. The number of amides is 6. The number of carboxylic acid groups (broad SMARTS) is 4. The molecule has 0 rings (SSSR count). The van der Waals surface area contributed by atoms with Gasteiger partial charge in [-0.3, -0.25) is 62.3 Å². The van der Waals surface area contributed by atoms with Crippen molar-refractivity contribution < 1.29 is 133 Å². The van der Waals surface area contributed by atoms with Crippen LogP contribution in [0.25, 0.3) is 0 Å². The number of carboxylic acids is 4. The molecule has 0 unspecified atom stereocenters. The van der Waals surface area contributed by atoms with Gasteiger partial charge >= 0.3 is 23.9 Å². The van der Waals surface area contributed by atoms with Gasteiger partial charge in [0.05, 0.1) is 71.6 Å². The molecule has 0 aromatic carbocycles. The van der Waals surface area contributed by atoms with Crippen LogP contribution in [0, 0.1) is 11.8 Å². The van der Waals surface area contributed by atoms with E-state index >= 15 is 0 Å². The summed E-state index contributed by atoms with van der Waals surface area (Å²) >= 11 is 0. The van der Waals surface area contributed by atoms with Gasteiger partial charge in [-0.2, -0.15) is 0 Å². The number of carbonyl (C=O) groups excluding carboxylic acids is 11. The van der Waals surface area contributed by atoms with Crippen molar-refractivity contribution >= 4 is 88.2 Å². The Bertz CT molecular complexity index is 2880. The minimum atomic E-state index is -1.21. The van der Waals surface area contributed by atoms with Gasteiger partial charge in [0.2, 0.25) is 35.4 Å². The lowest BCUT2D eigenvalue weighted by atomic mass is 9.82. The number of rotatable bonds is 91. The van der Waals surface area contributed by atoms with E-state index in [2.05, 4.69) is 31.9 Å². The van der Waals surface area contributed by atoms with Crippen molar-refractivity contribution in [1.82, 2.24) is 31.9 Å². The number of ketones is 5. The predicted octanol–water partition coefficient (Wildman–Crippen LogP) is 9.38. The molecule has 4 atom stereocenters. The normalized spacial score (nSPS) is 12.4. The largest absolute Gasteiger partial charge is 0.481 e. The number of Topliss-reactive ketones (excluding diaryl/α,β-unsaturated/α-hetero) is 5. The molecule has 0 aliphatic heterocycles. The Morgan fingerprint density at radius 2 is 0.620 bits per heavy atom. The van der Waals surface area contributed by atoms with Crippen LogP contribution in [-0.4, -0.2) is 258 Å². The summed E-state index contributed by atoms with van der Waals surface area (Å²) in [5.41, 5.74) is 4.93. The smallest absolute Gasteiger partial charge is 0.326 e. The van der Waals surface area contributed by atoms with Crippen LogP contribution in [0.15, 0.2) is 0 Å². The fourth-order valence-electron chi connectivity index (χ4n) is 12.8. The quantitative estimate of drug-likeness (QED) is 0.0252. The summed E-state index contributed by atoms with van der Waals surface area (Å²) in [6.07, 6.45) is 29.0. The Balaban J connectivity index is -0.0000720. The van der Waals surface area contributed by atoms with Crippen LogP contribution >= 0.6 is 0 Å². The van der Waals surface area contributed by atoms with Gasteiger partial charge in [0.25, 0.3) is 0 Å². The van der Waals surface area contributed by atoms with Gasteiger partial charge in [0.15, 0.2) is 11.6 Å². The summed E-state index contributed by atoms with van der Waals surface area (Å²) in [4.78, 5) is 183. The zero-order valence-corrected chi connectivity index (χ0v) is 73.3. The molecule has 0 aliphatic carbocycles. The highest BCUT2D eigenvalue weighted by molar-refractivity contribution is 5.94. The lowest BCUT2D eigenvalue weighted by molar-refractivity contribution is -0.142. The van der Waals surface area contributed by atoms with Crippen molar-refractivity contribution in [2.24, 2.45) is 17.6 Å². The van der Waals surface area contributed by atoms with E-state index < -0.39 is 53.3 Å². The van der Waals surface area contributed by atoms with Crippen LogP contribution in [0.4, 0.5) is 0 Å². The first-order chi connectivity index (χ1) is 58.1. The first-order valence-electron chi connectivity index (χ1n) is 44.7. The van der Waals surface area contributed by atoms with E-state index in [9.17, 15) is 82.1 Å². The topological polar surface area (TPSA) is 509 Å². The highest BCUT2D eigenvalue weighted by atomic mass is 16.5. The van der Waals surface area contributed by atoms with Gasteiger partial charge in [0.1, 0.15) is 55.9 Å². The molecular weight excluding hydrogens is 1570 g/mol. The summed E-state index contributed by atoms with van der Waals surface area (Å²) in [5.74, 6) is -8.18. The molecule has 702 valence electrons. The SMILES string of the molecule is CC(=O)[C@H](CCCCNC(=O)COCCOCCNC(=O)COCCOCCCC(=O)CC[C@H](NC(=O)CCCCCCCCCCCCCCC(=O)O)C(=O)O)CC(=O)[C@H](CCCCNC(=O)COCCOCCCC(=O)COCCOCCNC(=O)CC[C@H](NC(=O)CCCCCCCCCCCCCCC(=O)O)C(=O)O)CC(=O)C(C)(C)N.[HH].[HH]. The third-order valence-corrected chi connectivity index (χ3v) is 20.0. The second kappa shape index (κ2) is 78.7. The minimum absolute atomic E-state index is 0. The molecule has 121 heavy (non-hydrogen) atoms. The van der Waals surface area contributed by atoms with E-state index in [1.54, 1.807) is 13.8 Å². The van der Waals surface area contributed by atoms with E-state index in [0.717, 1.165) is 141 Å². The maximum absolute atomic E-state index is 13.7. The Morgan fingerprint density at radius 1 is 0.298 bits per heavy atom. The minimum Gasteiger partial charge on any atom is -0.481 e. The van der Waals surface area contributed by atoms with E-state index in [4.69, 9.17) is 53.8 Å². The van der Waals surface area contributed by atoms with Crippen molar-refractivity contribution in [3.63, 3.8) is 0 Å². The van der Waals surface area contributed by atoms with E-state index in [0.29, 0.717) is 77.3 Å². The fourth-order valence-corrected chi connectivity index (χ4v) is 12.8. The molecule has 0 bridgehead atoms. The maximum atomic E-state index is 13.7.